The molecule has 0 bridgehead atoms. The van der Waals surface area contributed by atoms with Crippen LogP contribution >= 0.6 is 11.6 Å². The Morgan fingerprint density at radius 1 is 1.19 bits per heavy atom. The number of aromatic nitrogens is 2. The third-order valence-electron chi connectivity index (χ3n) is 2.90. The van der Waals surface area contributed by atoms with Crippen LogP contribution in [0.2, 0.25) is 0 Å². The summed E-state index contributed by atoms with van der Waals surface area (Å²) in [5.41, 5.74) is -0.0261. The summed E-state index contributed by atoms with van der Waals surface area (Å²) in [6, 6.07) is 6.09. The average Bonchev–Trinajstić information content (AvgIpc) is 2.82. The highest BCUT2D eigenvalue weighted by atomic mass is 35.5. The number of carbonyl (C=O) groups is 1. The first-order valence-electron chi connectivity index (χ1n) is 6.09. The van der Waals surface area contributed by atoms with Crippen molar-refractivity contribution in [3.05, 3.63) is 52.7 Å². The van der Waals surface area contributed by atoms with E-state index in [1.54, 1.807) is 12.1 Å². The Bertz CT molecular complexity index is 819. The molecular formula is C13H13ClN2O4S. The van der Waals surface area contributed by atoms with Gasteiger partial charge in [0.1, 0.15) is 0 Å². The fourth-order valence-corrected chi connectivity index (χ4v) is 3.14. The Balaban J connectivity index is 2.49. The Labute approximate surface area is 126 Å². The molecule has 0 spiro atoms. The molecule has 0 N–H and O–H groups in total. The van der Waals surface area contributed by atoms with Gasteiger partial charge < -0.3 is 0 Å². The first kappa shape index (κ1) is 15.5. The number of imidazole rings is 1. The van der Waals surface area contributed by atoms with Crippen LogP contribution in [0.25, 0.3) is 0 Å². The fraction of sp³-hybridized carbons (Fsp3) is 0.231. The normalized spacial score (nSPS) is 11.5. The molecule has 0 aliphatic carbocycles. The van der Waals surface area contributed by atoms with Crippen molar-refractivity contribution in [3.8, 4) is 0 Å². The number of alkyl halides is 1. The second kappa shape index (κ2) is 5.87. The predicted molar refractivity (Wildman–Crippen MR) is 78.4 cm³/mol. The topological polar surface area (TPSA) is 78.1 Å². The van der Waals surface area contributed by atoms with E-state index in [1.165, 1.54) is 12.1 Å². The molecule has 1 aromatic carbocycles. The van der Waals surface area contributed by atoms with Gasteiger partial charge in [-0.25, -0.2) is 17.8 Å². The van der Waals surface area contributed by atoms with E-state index < -0.39 is 21.6 Å². The number of carbonyl (C=O) groups excluding carboxylic acids is 1. The van der Waals surface area contributed by atoms with Crippen molar-refractivity contribution in [3.63, 3.8) is 0 Å². The third kappa shape index (κ3) is 2.93. The van der Waals surface area contributed by atoms with E-state index in [0.29, 0.717) is 3.97 Å². The van der Waals surface area contributed by atoms with Crippen LogP contribution in [0.5, 0.6) is 0 Å². The largest absolute Gasteiger partial charge is 0.349 e. The molecule has 0 amide bonds. The number of halogens is 1. The summed E-state index contributed by atoms with van der Waals surface area (Å²) < 4.78 is 26.0. The Morgan fingerprint density at radius 3 is 2.38 bits per heavy atom. The van der Waals surface area contributed by atoms with E-state index in [0.717, 1.165) is 22.5 Å². The Kier molecular flexibility index (Phi) is 4.34. The Hall–Kier alpha value is -1.86. The van der Waals surface area contributed by atoms with E-state index in [9.17, 15) is 18.0 Å². The number of benzene rings is 1. The van der Waals surface area contributed by atoms with E-state index in [-0.39, 0.29) is 17.2 Å². The van der Waals surface area contributed by atoms with Crippen LogP contribution in [-0.4, -0.2) is 28.7 Å². The molecule has 0 saturated carbocycles. The molecule has 0 fully saturated rings. The van der Waals surface area contributed by atoms with Gasteiger partial charge in [-0.05, 0) is 19.1 Å². The highest BCUT2D eigenvalue weighted by molar-refractivity contribution is 7.90. The predicted octanol–water partition coefficient (Wildman–Crippen LogP) is 1.46. The van der Waals surface area contributed by atoms with Crippen LogP contribution in [0, 0.1) is 6.92 Å². The van der Waals surface area contributed by atoms with Gasteiger partial charge in [0, 0.05) is 24.7 Å². The first-order chi connectivity index (χ1) is 9.87. The third-order valence-corrected chi connectivity index (χ3v) is 4.75. The minimum Gasteiger partial charge on any atom is -0.274 e. The zero-order chi connectivity index (χ0) is 15.6. The SMILES string of the molecule is Cc1ccc(S(=O)(=O)n2ccn(C(=O)CCCl)c2=O)cc1. The van der Waals surface area contributed by atoms with Crippen LogP contribution in [0.15, 0.2) is 46.3 Å². The minimum absolute atomic E-state index is 0.0160. The van der Waals surface area contributed by atoms with Crippen molar-refractivity contribution >= 4 is 27.5 Å². The summed E-state index contributed by atoms with van der Waals surface area (Å²) in [6.45, 7) is 1.82. The summed E-state index contributed by atoms with van der Waals surface area (Å²) in [5, 5.41) is 0. The summed E-state index contributed by atoms with van der Waals surface area (Å²) >= 11 is 5.44. The maximum absolute atomic E-state index is 12.4. The van der Waals surface area contributed by atoms with Gasteiger partial charge in [-0.3, -0.25) is 4.79 Å². The molecule has 2 aromatic rings. The average molecular weight is 329 g/mol. The summed E-state index contributed by atoms with van der Waals surface area (Å²) in [5.74, 6) is -0.492. The molecule has 0 saturated heterocycles. The van der Waals surface area contributed by atoms with Crippen molar-refractivity contribution in [1.82, 2.24) is 8.54 Å². The number of hydrogen-bond acceptors (Lipinski definition) is 4. The molecule has 0 atom stereocenters. The van der Waals surface area contributed by atoms with Crippen molar-refractivity contribution in [2.24, 2.45) is 0 Å². The zero-order valence-electron chi connectivity index (χ0n) is 11.2. The first-order valence-corrected chi connectivity index (χ1v) is 8.07. The maximum Gasteiger partial charge on any atom is 0.349 e. The lowest BCUT2D eigenvalue weighted by atomic mass is 10.2. The van der Waals surface area contributed by atoms with Crippen molar-refractivity contribution in [2.45, 2.75) is 18.2 Å². The van der Waals surface area contributed by atoms with Crippen LogP contribution in [0.1, 0.15) is 16.8 Å². The quantitative estimate of drug-likeness (QED) is 0.796. The van der Waals surface area contributed by atoms with E-state index in [4.69, 9.17) is 11.6 Å². The molecule has 6 nitrogen and oxygen atoms in total. The monoisotopic (exact) mass is 328 g/mol. The highest BCUT2D eigenvalue weighted by Gasteiger charge is 2.21. The highest BCUT2D eigenvalue weighted by Crippen LogP contribution is 2.12. The number of nitrogens with zero attached hydrogens (tertiary/aromatic N) is 2. The van der Waals surface area contributed by atoms with E-state index in [2.05, 4.69) is 0 Å². The molecule has 0 aliphatic rings. The standard InChI is InChI=1S/C13H13ClN2O4S/c1-10-2-4-11(5-3-10)21(19,20)16-9-8-15(13(16)18)12(17)6-7-14/h2-5,8-9H,6-7H2,1H3. The molecular weight excluding hydrogens is 316 g/mol. The molecule has 21 heavy (non-hydrogen) atoms. The van der Waals surface area contributed by atoms with Crippen LogP contribution in [0.4, 0.5) is 0 Å². The number of aryl methyl sites for hydroxylation is 1. The van der Waals surface area contributed by atoms with Crippen LogP contribution in [-0.2, 0) is 10.0 Å². The second-order valence-corrected chi connectivity index (χ2v) is 6.59. The lowest BCUT2D eigenvalue weighted by Gasteiger charge is -2.04. The number of rotatable bonds is 4. The van der Waals surface area contributed by atoms with Gasteiger partial charge in [-0.2, -0.15) is 3.97 Å². The second-order valence-electron chi connectivity index (χ2n) is 4.40. The van der Waals surface area contributed by atoms with Gasteiger partial charge >= 0.3 is 5.69 Å². The molecule has 0 unspecified atom stereocenters. The molecule has 1 heterocycles. The van der Waals surface area contributed by atoms with Crippen molar-refractivity contribution in [1.29, 1.82) is 0 Å². The molecule has 0 aliphatic heterocycles. The lowest BCUT2D eigenvalue weighted by Crippen LogP contribution is -2.32. The smallest absolute Gasteiger partial charge is 0.274 e. The molecule has 2 rings (SSSR count). The molecule has 112 valence electrons. The van der Waals surface area contributed by atoms with Gasteiger partial charge in [0.2, 0.25) is 5.91 Å². The summed E-state index contributed by atoms with van der Waals surface area (Å²) in [6.07, 6.45) is 2.14. The van der Waals surface area contributed by atoms with E-state index >= 15 is 0 Å². The summed E-state index contributed by atoms with van der Waals surface area (Å²) in [4.78, 5) is 23.7. The number of hydrogen-bond donors (Lipinski definition) is 0. The van der Waals surface area contributed by atoms with Gasteiger partial charge in [0.25, 0.3) is 10.0 Å². The lowest BCUT2D eigenvalue weighted by molar-refractivity contribution is 0.0906. The van der Waals surface area contributed by atoms with Gasteiger partial charge in [0.05, 0.1) is 4.90 Å². The van der Waals surface area contributed by atoms with E-state index in [1.807, 2.05) is 6.92 Å². The van der Waals surface area contributed by atoms with Crippen molar-refractivity contribution < 1.29 is 13.2 Å². The maximum atomic E-state index is 12.4. The Morgan fingerprint density at radius 2 is 1.81 bits per heavy atom. The van der Waals surface area contributed by atoms with Gasteiger partial charge in [-0.15, -0.1) is 11.6 Å². The fourth-order valence-electron chi connectivity index (χ4n) is 1.76. The molecule has 1 aromatic heterocycles. The summed E-state index contributed by atoms with van der Waals surface area (Å²) in [7, 11) is -4.02. The molecule has 0 radical (unpaired) electrons. The molecule has 8 heteroatoms. The van der Waals surface area contributed by atoms with Crippen molar-refractivity contribution in [2.75, 3.05) is 5.88 Å². The van der Waals surface area contributed by atoms with Gasteiger partial charge in [0.15, 0.2) is 0 Å². The zero-order valence-corrected chi connectivity index (χ0v) is 12.8. The van der Waals surface area contributed by atoms with Gasteiger partial charge in [-0.1, -0.05) is 17.7 Å². The minimum atomic E-state index is -4.02. The van der Waals surface area contributed by atoms with Crippen LogP contribution in [0.3, 0.4) is 0 Å². The van der Waals surface area contributed by atoms with Crippen LogP contribution < -0.4 is 5.69 Å².